The second-order valence-electron chi connectivity index (χ2n) is 4.69. The van der Waals surface area contributed by atoms with Gasteiger partial charge in [0.25, 0.3) is 0 Å². The number of hydrogen-bond acceptors (Lipinski definition) is 4. The normalized spacial score (nSPS) is 10.5. The Hall–Kier alpha value is -1.62. The van der Waals surface area contributed by atoms with Gasteiger partial charge < -0.3 is 10.1 Å². The molecule has 0 aliphatic heterocycles. The molecule has 0 aliphatic rings. The number of aryl methyl sites for hydroxylation is 1. The van der Waals surface area contributed by atoms with Crippen LogP contribution in [0, 0.1) is 0 Å². The van der Waals surface area contributed by atoms with Crippen LogP contribution in [-0.2, 0) is 6.42 Å². The largest absolute Gasteiger partial charge is 0.497 e. The third-order valence-corrected chi connectivity index (χ3v) is 3.80. The summed E-state index contributed by atoms with van der Waals surface area (Å²) >= 11 is 3.56. The van der Waals surface area contributed by atoms with Gasteiger partial charge in [0.05, 0.1) is 7.11 Å². The first kappa shape index (κ1) is 15.8. The molecule has 1 N–H and O–H groups in total. The van der Waals surface area contributed by atoms with Crippen LogP contribution in [0.4, 0.5) is 5.82 Å². The minimum atomic E-state index is 0.707. The minimum absolute atomic E-state index is 0.707. The number of aromatic nitrogens is 2. The van der Waals surface area contributed by atoms with E-state index in [1.165, 1.54) is 0 Å². The molecule has 1 aromatic carbocycles. The van der Waals surface area contributed by atoms with Gasteiger partial charge in [-0.15, -0.1) is 0 Å². The monoisotopic (exact) mass is 349 g/mol. The van der Waals surface area contributed by atoms with E-state index in [-0.39, 0.29) is 0 Å². The Bertz CT molecular complexity index is 616. The van der Waals surface area contributed by atoms with Crippen LogP contribution in [-0.4, -0.2) is 23.6 Å². The van der Waals surface area contributed by atoms with Crippen molar-refractivity contribution in [1.82, 2.24) is 9.97 Å². The van der Waals surface area contributed by atoms with Crippen LogP contribution >= 0.6 is 15.9 Å². The molecule has 0 saturated heterocycles. The number of nitrogens with one attached hydrogen (secondary N) is 1. The highest BCUT2D eigenvalue weighted by Crippen LogP contribution is 2.30. The van der Waals surface area contributed by atoms with Crippen LogP contribution in [0.15, 0.2) is 28.7 Å². The van der Waals surface area contributed by atoms with Gasteiger partial charge in [0.15, 0.2) is 5.82 Å². The molecule has 5 heteroatoms. The SMILES string of the molecule is CCCNc1cc(CC)nc(-c2cc(OC)ccc2Br)n1. The smallest absolute Gasteiger partial charge is 0.163 e. The lowest BCUT2D eigenvalue weighted by molar-refractivity contribution is 0.415. The van der Waals surface area contributed by atoms with E-state index < -0.39 is 0 Å². The summed E-state index contributed by atoms with van der Waals surface area (Å²) in [5.41, 5.74) is 1.96. The fraction of sp³-hybridized carbons (Fsp3) is 0.375. The molecule has 112 valence electrons. The Balaban J connectivity index is 2.46. The fourth-order valence-corrected chi connectivity index (χ4v) is 2.37. The quantitative estimate of drug-likeness (QED) is 0.844. The van der Waals surface area contributed by atoms with Crippen molar-refractivity contribution < 1.29 is 4.74 Å². The summed E-state index contributed by atoms with van der Waals surface area (Å²) in [5.74, 6) is 2.37. The summed E-state index contributed by atoms with van der Waals surface area (Å²) in [6.07, 6.45) is 1.93. The molecule has 4 nitrogen and oxygen atoms in total. The van der Waals surface area contributed by atoms with Gasteiger partial charge in [-0.3, -0.25) is 0 Å². The standard InChI is InChI=1S/C16H20BrN3O/c1-4-8-18-15-9-11(5-2)19-16(20-15)13-10-12(21-3)6-7-14(13)17/h6-7,9-10H,4-5,8H2,1-3H3,(H,18,19,20). The molecule has 0 bridgehead atoms. The highest BCUT2D eigenvalue weighted by Gasteiger charge is 2.11. The molecule has 0 aliphatic carbocycles. The van der Waals surface area contributed by atoms with Crippen LogP contribution in [0.1, 0.15) is 26.0 Å². The number of anilines is 1. The van der Waals surface area contributed by atoms with Gasteiger partial charge in [-0.05, 0) is 31.0 Å². The molecule has 21 heavy (non-hydrogen) atoms. The summed E-state index contributed by atoms with van der Waals surface area (Å²) in [6, 6.07) is 7.82. The molecule has 2 rings (SSSR count). The number of nitrogens with zero attached hydrogens (tertiary/aromatic N) is 2. The second kappa shape index (κ2) is 7.41. The van der Waals surface area contributed by atoms with Crippen molar-refractivity contribution in [2.75, 3.05) is 19.0 Å². The van der Waals surface area contributed by atoms with E-state index in [1.54, 1.807) is 7.11 Å². The Morgan fingerprint density at radius 2 is 2.00 bits per heavy atom. The average molecular weight is 350 g/mol. The van der Waals surface area contributed by atoms with Crippen LogP contribution in [0.2, 0.25) is 0 Å². The average Bonchev–Trinajstić information content (AvgIpc) is 2.53. The molecule has 0 unspecified atom stereocenters. The van der Waals surface area contributed by atoms with Crippen LogP contribution in [0.3, 0.4) is 0 Å². The maximum Gasteiger partial charge on any atom is 0.163 e. The second-order valence-corrected chi connectivity index (χ2v) is 5.55. The molecule has 0 spiro atoms. The van der Waals surface area contributed by atoms with E-state index in [2.05, 4.69) is 45.1 Å². The molecule has 0 radical (unpaired) electrons. The summed E-state index contributed by atoms with van der Waals surface area (Å²) in [5, 5.41) is 3.33. The Morgan fingerprint density at radius 1 is 1.19 bits per heavy atom. The van der Waals surface area contributed by atoms with Crippen LogP contribution in [0.25, 0.3) is 11.4 Å². The van der Waals surface area contributed by atoms with E-state index in [4.69, 9.17) is 4.74 Å². The van der Waals surface area contributed by atoms with Gasteiger partial charge in [0, 0.05) is 28.3 Å². The predicted molar refractivity (Wildman–Crippen MR) is 89.9 cm³/mol. The molecule has 1 aromatic heterocycles. The summed E-state index contributed by atoms with van der Waals surface area (Å²) in [6.45, 7) is 5.13. The lowest BCUT2D eigenvalue weighted by Gasteiger charge is -2.11. The van der Waals surface area contributed by atoms with E-state index >= 15 is 0 Å². The number of halogens is 1. The zero-order valence-corrected chi connectivity index (χ0v) is 14.2. The number of ether oxygens (including phenoxy) is 1. The van der Waals surface area contributed by atoms with Crippen molar-refractivity contribution in [3.63, 3.8) is 0 Å². The molecule has 1 heterocycles. The topological polar surface area (TPSA) is 47.0 Å². The highest BCUT2D eigenvalue weighted by molar-refractivity contribution is 9.10. The van der Waals surface area contributed by atoms with Gasteiger partial charge in [-0.1, -0.05) is 29.8 Å². The van der Waals surface area contributed by atoms with E-state index in [9.17, 15) is 0 Å². The Labute approximate surface area is 134 Å². The first-order valence-corrected chi connectivity index (χ1v) is 7.93. The van der Waals surface area contributed by atoms with Crippen LogP contribution < -0.4 is 10.1 Å². The van der Waals surface area contributed by atoms with E-state index in [1.807, 2.05) is 24.3 Å². The Kier molecular flexibility index (Phi) is 5.56. The number of benzene rings is 1. The summed E-state index contributed by atoms with van der Waals surface area (Å²) < 4.78 is 6.25. The van der Waals surface area contributed by atoms with Gasteiger partial charge in [0.2, 0.25) is 0 Å². The number of hydrogen-bond donors (Lipinski definition) is 1. The number of methoxy groups -OCH3 is 1. The van der Waals surface area contributed by atoms with Crippen molar-refractivity contribution in [3.05, 3.63) is 34.4 Å². The highest BCUT2D eigenvalue weighted by atomic mass is 79.9. The van der Waals surface area contributed by atoms with Crippen molar-refractivity contribution in [2.45, 2.75) is 26.7 Å². The lowest BCUT2D eigenvalue weighted by Crippen LogP contribution is -2.05. The fourth-order valence-electron chi connectivity index (χ4n) is 1.95. The third-order valence-electron chi connectivity index (χ3n) is 3.11. The lowest BCUT2D eigenvalue weighted by atomic mass is 10.2. The molecule has 0 atom stereocenters. The van der Waals surface area contributed by atoms with Crippen molar-refractivity contribution >= 4 is 21.7 Å². The zero-order valence-electron chi connectivity index (χ0n) is 12.6. The van der Waals surface area contributed by atoms with E-state index in [0.29, 0.717) is 5.82 Å². The Morgan fingerprint density at radius 3 is 2.67 bits per heavy atom. The third kappa shape index (κ3) is 3.94. The predicted octanol–water partition coefficient (Wildman–Crippen LogP) is 4.30. The molecule has 2 aromatic rings. The molecule has 0 fully saturated rings. The van der Waals surface area contributed by atoms with Crippen molar-refractivity contribution in [2.24, 2.45) is 0 Å². The van der Waals surface area contributed by atoms with Crippen LogP contribution in [0.5, 0.6) is 5.75 Å². The molecule has 0 amide bonds. The summed E-state index contributed by atoms with van der Waals surface area (Å²) in [4.78, 5) is 9.25. The molecular weight excluding hydrogens is 330 g/mol. The van der Waals surface area contributed by atoms with Gasteiger partial charge in [-0.2, -0.15) is 0 Å². The molecule has 0 saturated carbocycles. The molecular formula is C16H20BrN3O. The summed E-state index contributed by atoms with van der Waals surface area (Å²) in [7, 11) is 1.66. The van der Waals surface area contributed by atoms with Gasteiger partial charge in [0.1, 0.15) is 11.6 Å². The first-order chi connectivity index (χ1) is 10.2. The van der Waals surface area contributed by atoms with E-state index in [0.717, 1.165) is 46.7 Å². The zero-order chi connectivity index (χ0) is 15.2. The minimum Gasteiger partial charge on any atom is -0.497 e. The van der Waals surface area contributed by atoms with Crippen molar-refractivity contribution in [1.29, 1.82) is 0 Å². The first-order valence-electron chi connectivity index (χ1n) is 7.13. The number of rotatable bonds is 6. The maximum atomic E-state index is 5.29. The maximum absolute atomic E-state index is 5.29. The van der Waals surface area contributed by atoms with Crippen molar-refractivity contribution in [3.8, 4) is 17.1 Å². The van der Waals surface area contributed by atoms with Gasteiger partial charge >= 0.3 is 0 Å². The van der Waals surface area contributed by atoms with Gasteiger partial charge in [-0.25, -0.2) is 9.97 Å².